The Bertz CT molecular complexity index is 1880. The number of anilines is 1. The molecule has 2 saturated heterocycles. The number of aliphatic hydroxyl groups is 4. The summed E-state index contributed by atoms with van der Waals surface area (Å²) in [5.74, 6) is -0.319. The second-order valence-electron chi connectivity index (χ2n) is 11.4. The van der Waals surface area contributed by atoms with Crippen molar-refractivity contribution in [3.63, 3.8) is 0 Å². The van der Waals surface area contributed by atoms with E-state index in [0.29, 0.717) is 0 Å². The minimum absolute atomic E-state index is 0.0517. The molecule has 0 bridgehead atoms. The van der Waals surface area contributed by atoms with Crippen molar-refractivity contribution in [3.8, 4) is 11.5 Å². The van der Waals surface area contributed by atoms with Crippen LogP contribution in [0.5, 0.6) is 11.5 Å². The predicted molar refractivity (Wildman–Crippen MR) is 172 cm³/mol. The van der Waals surface area contributed by atoms with E-state index in [-0.39, 0.29) is 40.5 Å². The number of ether oxygens (including phenoxy) is 2. The van der Waals surface area contributed by atoms with Crippen molar-refractivity contribution in [2.24, 2.45) is 5.73 Å². The smallest absolute Gasteiger partial charge is 0.481 e. The molecule has 0 saturated carbocycles. The Morgan fingerprint density at radius 3 is 1.96 bits per heavy atom. The number of phenols is 2. The number of amides is 1. The molecule has 5 heterocycles. The summed E-state index contributed by atoms with van der Waals surface area (Å²) in [7, 11) is -10.7. The third kappa shape index (κ3) is 9.11. The van der Waals surface area contributed by atoms with Gasteiger partial charge in [0.1, 0.15) is 60.0 Å². The van der Waals surface area contributed by atoms with Crippen LogP contribution in [0.2, 0.25) is 0 Å². The number of nitrogen functional groups attached to an aromatic ring is 1. The number of carbonyl (C=O) groups is 1. The van der Waals surface area contributed by atoms with Gasteiger partial charge < -0.3 is 66.3 Å². The Kier molecular flexibility index (Phi) is 12.0. The van der Waals surface area contributed by atoms with Crippen LogP contribution in [-0.2, 0) is 36.8 Å². The number of imidazole rings is 1. The number of benzene rings is 1. The van der Waals surface area contributed by atoms with Crippen LogP contribution in [0.3, 0.4) is 0 Å². The van der Waals surface area contributed by atoms with Crippen molar-refractivity contribution in [3.05, 3.63) is 61.0 Å². The maximum absolute atomic E-state index is 12.4. The number of allylic oxidation sites excluding steroid dienone is 1. The summed E-state index contributed by atoms with van der Waals surface area (Å²) in [6.45, 7) is -1.79. The highest BCUT2D eigenvalue weighted by atomic mass is 31.3. The highest BCUT2D eigenvalue weighted by Crippen LogP contribution is 2.60. The van der Waals surface area contributed by atoms with Crippen LogP contribution in [-0.4, -0.2) is 127 Å². The second-order valence-corrected chi connectivity index (χ2v) is 14.4. The van der Waals surface area contributed by atoms with E-state index in [2.05, 4.69) is 19.3 Å². The van der Waals surface area contributed by atoms with Crippen molar-refractivity contribution in [1.29, 1.82) is 0 Å². The molecule has 10 atom stereocenters. The van der Waals surface area contributed by atoms with E-state index < -0.39 is 83.8 Å². The van der Waals surface area contributed by atoms with E-state index in [4.69, 9.17) is 40.2 Å². The number of nitrogens with two attached hydrogens (primary N) is 2. The number of carbonyl (C=O) groups excluding carboxylic acids is 1. The summed E-state index contributed by atoms with van der Waals surface area (Å²) in [5, 5.41) is 58.9. The number of aromatic nitrogens is 4. The Labute approximate surface area is 292 Å². The largest absolute Gasteiger partial charge is 0.508 e. The highest BCUT2D eigenvalue weighted by molar-refractivity contribution is 7.61. The molecule has 2 unspecified atom stereocenters. The summed E-state index contributed by atoms with van der Waals surface area (Å²) in [6, 6.07) is 5.70. The Hall–Kier alpha value is -4.06. The number of phosphoric ester groups is 2. The van der Waals surface area contributed by atoms with Crippen LogP contribution >= 0.6 is 15.6 Å². The average molecular weight is 776 g/mol. The third-order valence-corrected chi connectivity index (χ3v) is 10.3. The minimum Gasteiger partial charge on any atom is -0.508 e. The van der Waals surface area contributed by atoms with Gasteiger partial charge in [0.2, 0.25) is 5.91 Å². The van der Waals surface area contributed by atoms with Gasteiger partial charge in [-0.25, -0.2) is 24.1 Å². The van der Waals surface area contributed by atoms with Gasteiger partial charge in [-0.05, 0) is 30.7 Å². The number of rotatable bonds is 11. The van der Waals surface area contributed by atoms with E-state index in [1.807, 2.05) is 0 Å². The minimum atomic E-state index is -5.37. The maximum atomic E-state index is 12.4. The van der Waals surface area contributed by atoms with E-state index >= 15 is 0 Å². The lowest BCUT2D eigenvalue weighted by Gasteiger charge is -2.28. The van der Waals surface area contributed by atoms with Crippen molar-refractivity contribution in [2.75, 3.05) is 18.9 Å². The molecule has 2 aromatic heterocycles. The first-order valence-corrected chi connectivity index (χ1v) is 18.0. The van der Waals surface area contributed by atoms with Gasteiger partial charge in [-0.3, -0.25) is 18.4 Å². The lowest BCUT2D eigenvalue weighted by atomic mass is 10.1. The summed E-state index contributed by atoms with van der Waals surface area (Å²) in [4.78, 5) is 44.6. The number of aromatic hydroxyl groups is 2. The monoisotopic (exact) mass is 775 g/mol. The van der Waals surface area contributed by atoms with Crippen molar-refractivity contribution in [2.45, 2.75) is 55.5 Å². The number of aliphatic hydroxyl groups excluding tert-OH is 4. The Morgan fingerprint density at radius 2 is 1.40 bits per heavy atom. The SMILES string of the molecule is NC(=O)C1=CN([C@@H]2O[C@H](COP(=O)(O)OP(=O)(O)OC[C@H]3O[C@@H](n4cnc5c(N)ncnc54)[C@H](O)[C@@H]3O)[C@@H](O)[C@H]2O)C=CC1.Oc1ccc(O)cc1. The molecule has 1 aromatic carbocycles. The molecule has 3 aromatic rings. The first kappa shape index (κ1) is 39.2. The van der Waals surface area contributed by atoms with Gasteiger partial charge in [-0.1, -0.05) is 6.08 Å². The van der Waals surface area contributed by atoms with Gasteiger partial charge in [0.05, 0.1) is 19.5 Å². The summed E-state index contributed by atoms with van der Waals surface area (Å²) in [5.41, 5.74) is 11.6. The van der Waals surface area contributed by atoms with Gasteiger partial charge in [-0.2, -0.15) is 4.31 Å². The molecular weight excluding hydrogens is 740 g/mol. The zero-order chi connectivity index (χ0) is 38.0. The number of primary amides is 1. The van der Waals surface area contributed by atoms with Gasteiger partial charge in [-0.15, -0.1) is 0 Å². The molecule has 3 aliphatic rings. The van der Waals surface area contributed by atoms with E-state index in [9.17, 15) is 44.1 Å². The molecule has 25 heteroatoms. The average Bonchev–Trinajstić information content (AvgIpc) is 3.74. The summed E-state index contributed by atoms with van der Waals surface area (Å²) < 4.78 is 50.8. The Morgan fingerprint density at radius 1 is 0.865 bits per heavy atom. The fourth-order valence-corrected chi connectivity index (χ4v) is 7.22. The molecule has 52 heavy (non-hydrogen) atoms. The van der Waals surface area contributed by atoms with E-state index in [0.717, 1.165) is 6.33 Å². The molecule has 6 rings (SSSR count). The molecule has 0 spiro atoms. The van der Waals surface area contributed by atoms with Crippen LogP contribution in [0, 0.1) is 0 Å². The molecule has 23 nitrogen and oxygen atoms in total. The topological polar surface area (TPSA) is 358 Å². The number of phosphoric acid groups is 2. The van der Waals surface area contributed by atoms with E-state index in [1.165, 1.54) is 52.5 Å². The maximum Gasteiger partial charge on any atom is 0.481 e. The molecular formula is C27H35N7O16P2. The standard InChI is InChI=1S/C21H29N7O14P2.C6H6O2/c22-17-12-19(25-7-24-17)28(8-26-12)21-16(32)14(30)11(41-21)6-39-44(36,37)42-43(34,35)38-5-10-13(29)15(31)20(40-10)27-3-1-2-9(4-27)18(23)33;7-5-1-2-6(8)4-3-5/h1,3-4,7-8,10-11,13-16,20-21,29-32H,2,5-6H2,(H2,23,33)(H,34,35)(H,36,37)(H2,22,24,25);1-4,7-8H/t10-,11-,13-,14-,15-,16-,20-,21-;/m1./s1. The van der Waals surface area contributed by atoms with Crippen LogP contribution in [0.15, 0.2) is 61.0 Å². The lowest BCUT2D eigenvalue weighted by molar-refractivity contribution is -0.115. The molecule has 284 valence electrons. The normalized spacial score (nSPS) is 29.6. The highest BCUT2D eigenvalue weighted by Gasteiger charge is 2.48. The first-order valence-electron chi connectivity index (χ1n) is 15.0. The lowest BCUT2D eigenvalue weighted by Crippen LogP contribution is -2.40. The number of fused-ring (bicyclic) bond motifs is 1. The number of phenolic OH excluding ortho intramolecular Hbond substituents is 2. The number of nitrogens with zero attached hydrogens (tertiary/aromatic N) is 5. The Balaban J connectivity index is 0.000000577. The van der Waals surface area contributed by atoms with Gasteiger partial charge in [0.25, 0.3) is 0 Å². The quantitative estimate of drug-likeness (QED) is 0.0775. The summed E-state index contributed by atoms with van der Waals surface area (Å²) >= 11 is 0. The molecule has 3 aliphatic heterocycles. The molecule has 12 N–H and O–H groups in total. The van der Waals surface area contributed by atoms with Gasteiger partial charge in [0, 0.05) is 18.0 Å². The van der Waals surface area contributed by atoms with Crippen LogP contribution in [0.25, 0.3) is 11.2 Å². The van der Waals surface area contributed by atoms with Crippen LogP contribution in [0.4, 0.5) is 5.82 Å². The zero-order valence-electron chi connectivity index (χ0n) is 26.6. The number of hydrogen-bond acceptors (Lipinski definition) is 19. The van der Waals surface area contributed by atoms with Crippen molar-refractivity contribution in [1.82, 2.24) is 24.4 Å². The predicted octanol–water partition coefficient (Wildman–Crippen LogP) is -1.59. The van der Waals surface area contributed by atoms with Crippen LogP contribution < -0.4 is 11.5 Å². The molecule has 0 aliphatic carbocycles. The number of hydrogen-bond donors (Lipinski definition) is 10. The molecule has 1 amide bonds. The molecule has 0 radical (unpaired) electrons. The van der Waals surface area contributed by atoms with Crippen LogP contribution in [0.1, 0.15) is 12.6 Å². The van der Waals surface area contributed by atoms with E-state index in [1.54, 1.807) is 6.08 Å². The molecule has 2 fully saturated rings. The van der Waals surface area contributed by atoms with Gasteiger partial charge in [0.15, 0.2) is 23.9 Å². The summed E-state index contributed by atoms with van der Waals surface area (Å²) in [6.07, 6.45) is -4.88. The first-order chi connectivity index (χ1) is 24.5. The fourth-order valence-electron chi connectivity index (χ4n) is 5.13. The third-order valence-electron chi connectivity index (χ3n) is 7.73. The van der Waals surface area contributed by atoms with Crippen molar-refractivity contribution < 1.29 is 77.2 Å². The zero-order valence-corrected chi connectivity index (χ0v) is 28.4. The van der Waals surface area contributed by atoms with Crippen molar-refractivity contribution >= 4 is 38.5 Å². The second kappa shape index (κ2) is 15.9. The fraction of sp³-hybridized carbons (Fsp3) is 0.407. The van der Waals surface area contributed by atoms with Gasteiger partial charge >= 0.3 is 15.6 Å².